The van der Waals surface area contributed by atoms with E-state index < -0.39 is 0 Å². The van der Waals surface area contributed by atoms with Gasteiger partial charge < -0.3 is 20.1 Å². The van der Waals surface area contributed by atoms with Gasteiger partial charge >= 0.3 is 0 Å². The van der Waals surface area contributed by atoms with Crippen LogP contribution in [0, 0.1) is 0 Å². The molecule has 3 rings (SSSR count). The summed E-state index contributed by atoms with van der Waals surface area (Å²) < 4.78 is 10.5. The monoisotopic (exact) mass is 424 g/mol. The molecule has 2 amide bonds. The highest BCUT2D eigenvalue weighted by molar-refractivity contribution is 6.34. The third kappa shape index (κ3) is 5.30. The van der Waals surface area contributed by atoms with Gasteiger partial charge in [0.05, 0.1) is 31.4 Å². The molecule has 0 aromatic heterocycles. The zero-order valence-corrected chi connectivity index (χ0v) is 17.3. The molecular formula is C23H21ClN2O4. The highest BCUT2D eigenvalue weighted by Crippen LogP contribution is 2.27. The molecule has 0 saturated carbocycles. The fourth-order valence-electron chi connectivity index (χ4n) is 2.87. The lowest BCUT2D eigenvalue weighted by atomic mass is 10.1. The predicted octanol–water partition coefficient (Wildman–Crippen LogP) is 4.79. The Kier molecular flexibility index (Phi) is 6.93. The van der Waals surface area contributed by atoms with Crippen LogP contribution in [0.1, 0.15) is 15.9 Å². The smallest absolute Gasteiger partial charge is 0.255 e. The van der Waals surface area contributed by atoms with Crippen molar-refractivity contribution in [2.24, 2.45) is 0 Å². The minimum Gasteiger partial charge on any atom is -0.497 e. The van der Waals surface area contributed by atoms with Gasteiger partial charge in [0.25, 0.3) is 5.91 Å². The Morgan fingerprint density at radius 1 is 0.900 bits per heavy atom. The quantitative estimate of drug-likeness (QED) is 0.571. The number of benzene rings is 3. The van der Waals surface area contributed by atoms with Gasteiger partial charge in [0.15, 0.2) is 0 Å². The van der Waals surface area contributed by atoms with Crippen molar-refractivity contribution in [1.29, 1.82) is 0 Å². The summed E-state index contributed by atoms with van der Waals surface area (Å²) in [6.07, 6.45) is 0.0527. The maximum atomic E-state index is 12.6. The van der Waals surface area contributed by atoms with Crippen LogP contribution in [0.4, 0.5) is 11.4 Å². The van der Waals surface area contributed by atoms with E-state index in [2.05, 4.69) is 10.6 Å². The first-order valence-electron chi connectivity index (χ1n) is 9.17. The fourth-order valence-corrected chi connectivity index (χ4v) is 3.04. The van der Waals surface area contributed by atoms with Crippen molar-refractivity contribution < 1.29 is 19.1 Å². The van der Waals surface area contributed by atoms with E-state index in [1.165, 1.54) is 7.11 Å². The normalized spacial score (nSPS) is 10.2. The molecule has 2 N–H and O–H groups in total. The summed E-state index contributed by atoms with van der Waals surface area (Å²) in [4.78, 5) is 25.1. The molecule has 0 spiro atoms. The number of carbonyl (C=O) groups is 2. The Morgan fingerprint density at radius 3 is 2.37 bits per heavy atom. The summed E-state index contributed by atoms with van der Waals surface area (Å²) >= 11 is 6.22. The van der Waals surface area contributed by atoms with E-state index in [4.69, 9.17) is 21.1 Å². The predicted molar refractivity (Wildman–Crippen MR) is 118 cm³/mol. The Hall–Kier alpha value is -3.51. The summed E-state index contributed by atoms with van der Waals surface area (Å²) in [5.74, 6) is 0.594. The Morgan fingerprint density at radius 2 is 1.67 bits per heavy atom. The van der Waals surface area contributed by atoms with E-state index in [0.717, 1.165) is 0 Å². The molecule has 0 radical (unpaired) electrons. The van der Waals surface area contributed by atoms with Crippen LogP contribution < -0.4 is 20.1 Å². The van der Waals surface area contributed by atoms with Gasteiger partial charge in [0.1, 0.15) is 11.5 Å². The standard InChI is InChI=1S/C23H21ClN2O4/c1-29-18-9-11-21(30-2)16(12-18)14-22(27)26-20-13-15(8-10-19(20)24)23(28)25-17-6-4-3-5-7-17/h3-13H,14H2,1-2H3,(H,25,28)(H,26,27). The number of nitrogens with one attached hydrogen (secondary N) is 2. The molecule has 0 aliphatic carbocycles. The molecule has 0 unspecified atom stereocenters. The first-order chi connectivity index (χ1) is 14.5. The topological polar surface area (TPSA) is 76.7 Å². The number of anilines is 2. The van der Waals surface area contributed by atoms with Gasteiger partial charge in [0, 0.05) is 16.8 Å². The number of rotatable bonds is 7. The number of methoxy groups -OCH3 is 2. The Bertz CT molecular complexity index is 1050. The van der Waals surface area contributed by atoms with Crippen molar-refractivity contribution in [2.75, 3.05) is 24.9 Å². The molecule has 6 nitrogen and oxygen atoms in total. The molecule has 0 heterocycles. The lowest BCUT2D eigenvalue weighted by molar-refractivity contribution is -0.115. The number of para-hydroxylation sites is 1. The summed E-state index contributed by atoms with van der Waals surface area (Å²) in [6.45, 7) is 0. The maximum absolute atomic E-state index is 12.6. The molecule has 0 atom stereocenters. The molecule has 154 valence electrons. The molecule has 0 saturated heterocycles. The van der Waals surface area contributed by atoms with E-state index in [9.17, 15) is 9.59 Å². The second-order valence-electron chi connectivity index (χ2n) is 6.42. The SMILES string of the molecule is COc1ccc(OC)c(CC(=O)Nc2cc(C(=O)Nc3ccccc3)ccc2Cl)c1. The molecule has 30 heavy (non-hydrogen) atoms. The second-order valence-corrected chi connectivity index (χ2v) is 6.82. The van der Waals surface area contributed by atoms with Crippen LogP contribution >= 0.6 is 11.6 Å². The highest BCUT2D eigenvalue weighted by atomic mass is 35.5. The van der Waals surface area contributed by atoms with Gasteiger partial charge in [-0.1, -0.05) is 29.8 Å². The van der Waals surface area contributed by atoms with Gasteiger partial charge in [-0.3, -0.25) is 9.59 Å². The largest absolute Gasteiger partial charge is 0.497 e. The zero-order chi connectivity index (χ0) is 21.5. The van der Waals surface area contributed by atoms with E-state index in [1.807, 2.05) is 18.2 Å². The highest BCUT2D eigenvalue weighted by Gasteiger charge is 2.14. The van der Waals surface area contributed by atoms with E-state index in [0.29, 0.717) is 39.0 Å². The minimum absolute atomic E-state index is 0.0527. The van der Waals surface area contributed by atoms with Crippen molar-refractivity contribution in [3.63, 3.8) is 0 Å². The van der Waals surface area contributed by atoms with Crippen LogP contribution in [-0.4, -0.2) is 26.0 Å². The van der Waals surface area contributed by atoms with Gasteiger partial charge in [-0.05, 0) is 48.5 Å². The number of amides is 2. The molecule has 3 aromatic rings. The molecule has 0 aliphatic heterocycles. The van der Waals surface area contributed by atoms with Gasteiger partial charge in [-0.25, -0.2) is 0 Å². The van der Waals surface area contributed by atoms with E-state index in [-0.39, 0.29) is 18.2 Å². The first-order valence-corrected chi connectivity index (χ1v) is 9.54. The van der Waals surface area contributed by atoms with E-state index in [1.54, 1.807) is 55.6 Å². The fraction of sp³-hybridized carbons (Fsp3) is 0.130. The first kappa shape index (κ1) is 21.2. The lowest BCUT2D eigenvalue weighted by Gasteiger charge is -2.12. The van der Waals surface area contributed by atoms with Gasteiger partial charge in [0.2, 0.25) is 5.91 Å². The third-order valence-electron chi connectivity index (χ3n) is 4.37. The average molecular weight is 425 g/mol. The number of ether oxygens (including phenoxy) is 2. The summed E-state index contributed by atoms with van der Waals surface area (Å²) in [5, 5.41) is 5.89. The van der Waals surface area contributed by atoms with Crippen molar-refractivity contribution in [3.05, 3.63) is 82.9 Å². The summed E-state index contributed by atoms with van der Waals surface area (Å²) in [5.41, 5.74) is 2.07. The average Bonchev–Trinajstić information content (AvgIpc) is 2.75. The third-order valence-corrected chi connectivity index (χ3v) is 4.70. The zero-order valence-electron chi connectivity index (χ0n) is 16.6. The van der Waals surface area contributed by atoms with Crippen molar-refractivity contribution in [1.82, 2.24) is 0 Å². The van der Waals surface area contributed by atoms with Crippen molar-refractivity contribution in [3.8, 4) is 11.5 Å². The Labute approximate surface area is 179 Å². The maximum Gasteiger partial charge on any atom is 0.255 e. The molecule has 0 aliphatic rings. The van der Waals surface area contributed by atoms with Crippen LogP contribution in [0.15, 0.2) is 66.7 Å². The molecule has 3 aromatic carbocycles. The van der Waals surface area contributed by atoms with E-state index >= 15 is 0 Å². The van der Waals surface area contributed by atoms with Gasteiger partial charge in [-0.2, -0.15) is 0 Å². The molecule has 7 heteroatoms. The number of carbonyl (C=O) groups excluding carboxylic acids is 2. The number of halogens is 1. The summed E-state index contributed by atoms with van der Waals surface area (Å²) in [6, 6.07) is 19.1. The lowest BCUT2D eigenvalue weighted by Crippen LogP contribution is -2.17. The number of hydrogen-bond donors (Lipinski definition) is 2. The minimum atomic E-state index is -0.303. The second kappa shape index (κ2) is 9.80. The molecular weight excluding hydrogens is 404 g/mol. The van der Waals surface area contributed by atoms with Gasteiger partial charge in [-0.15, -0.1) is 0 Å². The summed E-state index contributed by atoms with van der Waals surface area (Å²) in [7, 11) is 3.09. The van der Waals surface area contributed by atoms with Crippen LogP contribution in [0.3, 0.4) is 0 Å². The van der Waals surface area contributed by atoms with Crippen LogP contribution in [0.25, 0.3) is 0 Å². The van der Waals surface area contributed by atoms with Crippen LogP contribution in [0.2, 0.25) is 5.02 Å². The molecule has 0 bridgehead atoms. The van der Waals surface area contributed by atoms with Crippen LogP contribution in [0.5, 0.6) is 11.5 Å². The van der Waals surface area contributed by atoms with Crippen LogP contribution in [-0.2, 0) is 11.2 Å². The Balaban J connectivity index is 1.74. The van der Waals surface area contributed by atoms with Crippen molar-refractivity contribution in [2.45, 2.75) is 6.42 Å². The number of hydrogen-bond acceptors (Lipinski definition) is 4. The van der Waals surface area contributed by atoms with Crippen molar-refractivity contribution >= 4 is 34.8 Å². The molecule has 0 fully saturated rings.